The number of nitrogens with two attached hydrogens (primary N) is 1. The van der Waals surface area contributed by atoms with Crippen molar-refractivity contribution in [2.75, 3.05) is 32.8 Å². The molecule has 0 amide bonds. The van der Waals surface area contributed by atoms with Crippen molar-refractivity contribution < 1.29 is 9.47 Å². The van der Waals surface area contributed by atoms with Gasteiger partial charge in [0.05, 0.1) is 18.8 Å². The van der Waals surface area contributed by atoms with Gasteiger partial charge in [-0.15, -0.1) is 0 Å². The van der Waals surface area contributed by atoms with Crippen molar-refractivity contribution in [3.05, 3.63) is 0 Å². The second kappa shape index (κ2) is 5.22. The Hall–Kier alpha value is -0.160. The van der Waals surface area contributed by atoms with Crippen LogP contribution < -0.4 is 5.73 Å². The predicted octanol–water partition coefficient (Wildman–Crippen LogP) is 0.850. The number of morpholine rings is 1. The zero-order chi connectivity index (χ0) is 12.5. The minimum absolute atomic E-state index is 0.0583. The fourth-order valence-electron chi connectivity index (χ4n) is 3.17. The summed E-state index contributed by atoms with van der Waals surface area (Å²) in [5.74, 6) is 0.560. The van der Waals surface area contributed by atoms with Crippen molar-refractivity contribution in [2.45, 2.75) is 44.9 Å². The van der Waals surface area contributed by atoms with Crippen molar-refractivity contribution in [3.63, 3.8) is 0 Å². The molecule has 0 aromatic rings. The van der Waals surface area contributed by atoms with Gasteiger partial charge in [0.15, 0.2) is 0 Å². The fraction of sp³-hybridized carbons (Fsp3) is 1.00. The lowest BCUT2D eigenvalue weighted by Gasteiger charge is -2.49. The molecular formula is C13H26N2O2. The third-order valence-electron chi connectivity index (χ3n) is 4.36. The van der Waals surface area contributed by atoms with E-state index in [4.69, 9.17) is 15.2 Å². The van der Waals surface area contributed by atoms with E-state index in [0.29, 0.717) is 24.7 Å². The van der Waals surface area contributed by atoms with Gasteiger partial charge in [0.2, 0.25) is 0 Å². The summed E-state index contributed by atoms with van der Waals surface area (Å²) in [5, 5.41) is 0. The molecule has 2 aliphatic heterocycles. The Bertz CT molecular complexity index is 246. The monoisotopic (exact) mass is 242 g/mol. The summed E-state index contributed by atoms with van der Waals surface area (Å²) < 4.78 is 11.3. The molecule has 2 rings (SSSR count). The van der Waals surface area contributed by atoms with Crippen LogP contribution in [0.25, 0.3) is 0 Å². The van der Waals surface area contributed by atoms with Crippen LogP contribution in [0.4, 0.5) is 0 Å². The summed E-state index contributed by atoms with van der Waals surface area (Å²) >= 11 is 0. The molecule has 0 aromatic heterocycles. The highest BCUT2D eigenvalue weighted by molar-refractivity contribution is 4.97. The first-order valence-corrected chi connectivity index (χ1v) is 6.74. The maximum atomic E-state index is 6.07. The minimum Gasteiger partial charge on any atom is -0.381 e. The Morgan fingerprint density at radius 3 is 2.41 bits per heavy atom. The zero-order valence-corrected chi connectivity index (χ0v) is 11.3. The van der Waals surface area contributed by atoms with Crippen LogP contribution >= 0.6 is 0 Å². The van der Waals surface area contributed by atoms with Gasteiger partial charge in [-0.05, 0) is 27.2 Å². The van der Waals surface area contributed by atoms with Gasteiger partial charge < -0.3 is 15.2 Å². The molecule has 0 bridgehead atoms. The van der Waals surface area contributed by atoms with Crippen LogP contribution in [0.2, 0.25) is 0 Å². The Labute approximate surface area is 104 Å². The van der Waals surface area contributed by atoms with Crippen molar-refractivity contribution >= 4 is 0 Å². The lowest BCUT2D eigenvalue weighted by atomic mass is 9.82. The van der Waals surface area contributed by atoms with Crippen molar-refractivity contribution in [1.82, 2.24) is 4.90 Å². The van der Waals surface area contributed by atoms with E-state index >= 15 is 0 Å². The third kappa shape index (κ3) is 2.65. The Balaban J connectivity index is 2.10. The zero-order valence-electron chi connectivity index (χ0n) is 11.3. The quantitative estimate of drug-likeness (QED) is 0.797. The molecule has 0 aliphatic carbocycles. The minimum atomic E-state index is 0.0583. The lowest BCUT2D eigenvalue weighted by molar-refractivity contribution is -0.109. The van der Waals surface area contributed by atoms with Crippen LogP contribution in [0.1, 0.15) is 27.2 Å². The Morgan fingerprint density at radius 1 is 1.29 bits per heavy atom. The molecule has 2 fully saturated rings. The van der Waals surface area contributed by atoms with Crippen LogP contribution in [0.3, 0.4) is 0 Å². The van der Waals surface area contributed by atoms with Crippen LogP contribution in [0.5, 0.6) is 0 Å². The van der Waals surface area contributed by atoms with Gasteiger partial charge in [0, 0.05) is 37.7 Å². The molecule has 0 radical (unpaired) electrons. The fourth-order valence-corrected chi connectivity index (χ4v) is 3.17. The summed E-state index contributed by atoms with van der Waals surface area (Å²) in [7, 11) is 0. The normalized spacial score (nSPS) is 39.2. The molecule has 0 spiro atoms. The molecule has 0 saturated carbocycles. The number of rotatable bonds is 3. The SMILES string of the molecule is C[C@@H]1CN(C(C)(CN)C2CCOC2)C[C@H](C)O1. The average Bonchev–Trinajstić information content (AvgIpc) is 2.80. The van der Waals surface area contributed by atoms with Crippen molar-refractivity contribution in [2.24, 2.45) is 11.7 Å². The standard InChI is InChI=1S/C13H26N2O2/c1-10-6-15(7-11(2)17-10)13(3,9-14)12-4-5-16-8-12/h10-12H,4-9,14H2,1-3H3/t10-,11+,12?,13?. The second-order valence-corrected chi connectivity index (χ2v) is 5.78. The number of ether oxygens (including phenoxy) is 2. The molecule has 0 aromatic carbocycles. The Kier molecular flexibility index (Phi) is 4.08. The summed E-state index contributed by atoms with van der Waals surface area (Å²) in [5.41, 5.74) is 6.13. The molecule has 2 aliphatic rings. The maximum Gasteiger partial charge on any atom is 0.0678 e. The molecule has 4 heteroatoms. The highest BCUT2D eigenvalue weighted by Crippen LogP contribution is 2.32. The van der Waals surface area contributed by atoms with Gasteiger partial charge >= 0.3 is 0 Å². The van der Waals surface area contributed by atoms with E-state index in [9.17, 15) is 0 Å². The van der Waals surface area contributed by atoms with E-state index in [-0.39, 0.29) is 5.54 Å². The van der Waals surface area contributed by atoms with E-state index < -0.39 is 0 Å². The first kappa shape index (κ1) is 13.3. The van der Waals surface area contributed by atoms with Crippen LogP contribution in [-0.2, 0) is 9.47 Å². The molecule has 2 saturated heterocycles. The largest absolute Gasteiger partial charge is 0.381 e. The Morgan fingerprint density at radius 2 is 1.94 bits per heavy atom. The van der Waals surface area contributed by atoms with Crippen molar-refractivity contribution in [3.8, 4) is 0 Å². The lowest BCUT2D eigenvalue weighted by Crippen LogP contribution is -2.62. The average molecular weight is 242 g/mol. The first-order chi connectivity index (χ1) is 8.06. The number of nitrogens with zero attached hydrogens (tertiary/aromatic N) is 1. The van der Waals surface area contributed by atoms with Crippen molar-refractivity contribution in [1.29, 1.82) is 0 Å². The number of hydrogen-bond donors (Lipinski definition) is 1. The van der Waals surface area contributed by atoms with E-state index in [0.717, 1.165) is 32.7 Å². The van der Waals surface area contributed by atoms with Gasteiger partial charge in [-0.1, -0.05) is 0 Å². The van der Waals surface area contributed by atoms with Crippen LogP contribution in [0.15, 0.2) is 0 Å². The molecule has 2 unspecified atom stereocenters. The molecule has 17 heavy (non-hydrogen) atoms. The second-order valence-electron chi connectivity index (χ2n) is 5.78. The van der Waals surface area contributed by atoms with Gasteiger partial charge in [0.1, 0.15) is 0 Å². The molecule has 2 heterocycles. The molecule has 100 valence electrons. The van der Waals surface area contributed by atoms with E-state index in [1.807, 2.05) is 0 Å². The highest BCUT2D eigenvalue weighted by atomic mass is 16.5. The number of hydrogen-bond acceptors (Lipinski definition) is 4. The maximum absolute atomic E-state index is 6.07. The van der Waals surface area contributed by atoms with Gasteiger partial charge in [-0.3, -0.25) is 4.90 Å². The smallest absolute Gasteiger partial charge is 0.0678 e. The summed E-state index contributed by atoms with van der Waals surface area (Å²) in [6.45, 7) is 11.0. The summed E-state index contributed by atoms with van der Waals surface area (Å²) in [6.07, 6.45) is 1.73. The highest BCUT2D eigenvalue weighted by Gasteiger charge is 2.42. The predicted molar refractivity (Wildman–Crippen MR) is 68.0 cm³/mol. The van der Waals surface area contributed by atoms with Crippen LogP contribution in [-0.4, -0.2) is 55.5 Å². The molecule has 4 nitrogen and oxygen atoms in total. The molecular weight excluding hydrogens is 216 g/mol. The third-order valence-corrected chi connectivity index (χ3v) is 4.36. The van der Waals surface area contributed by atoms with E-state index in [1.165, 1.54) is 0 Å². The van der Waals surface area contributed by atoms with Gasteiger partial charge in [0.25, 0.3) is 0 Å². The van der Waals surface area contributed by atoms with E-state index in [1.54, 1.807) is 0 Å². The van der Waals surface area contributed by atoms with Crippen LogP contribution in [0, 0.1) is 5.92 Å². The first-order valence-electron chi connectivity index (χ1n) is 6.74. The summed E-state index contributed by atoms with van der Waals surface area (Å²) in [4.78, 5) is 2.52. The summed E-state index contributed by atoms with van der Waals surface area (Å²) in [6, 6.07) is 0. The van der Waals surface area contributed by atoms with E-state index in [2.05, 4.69) is 25.7 Å². The topological polar surface area (TPSA) is 47.7 Å². The molecule has 2 N–H and O–H groups in total. The molecule has 4 atom stereocenters. The van der Waals surface area contributed by atoms with Gasteiger partial charge in [-0.2, -0.15) is 0 Å². The van der Waals surface area contributed by atoms with Gasteiger partial charge in [-0.25, -0.2) is 0 Å².